The Morgan fingerprint density at radius 2 is 1.79 bits per heavy atom. The fraction of sp³-hybridized carbons (Fsp3) is 0.548. The highest BCUT2D eigenvalue weighted by molar-refractivity contribution is 5.78. The molecular formula is C31H37F2N. The van der Waals surface area contributed by atoms with E-state index in [9.17, 15) is 4.39 Å². The zero-order valence-electron chi connectivity index (χ0n) is 20.6. The lowest BCUT2D eigenvalue weighted by Crippen LogP contribution is -2.34. The van der Waals surface area contributed by atoms with Crippen LogP contribution in [-0.4, -0.2) is 24.5 Å². The number of hydrogen-bond donors (Lipinski definition) is 0. The molecule has 3 fully saturated rings. The number of halogens is 2. The van der Waals surface area contributed by atoms with E-state index in [0.29, 0.717) is 40.4 Å². The van der Waals surface area contributed by atoms with Gasteiger partial charge in [-0.15, -0.1) is 0 Å². The number of fused-ring (bicyclic) bond motifs is 1. The minimum Gasteiger partial charge on any atom is -0.303 e. The summed E-state index contributed by atoms with van der Waals surface area (Å²) in [4.78, 5) is 2.67. The minimum absolute atomic E-state index is 0.298. The summed E-state index contributed by atoms with van der Waals surface area (Å²) in [6.07, 6.45) is 11.8. The van der Waals surface area contributed by atoms with Gasteiger partial charge in [-0.25, -0.2) is 8.78 Å². The molecule has 4 aliphatic rings. The summed E-state index contributed by atoms with van der Waals surface area (Å²) < 4.78 is 30.0. The van der Waals surface area contributed by atoms with Gasteiger partial charge in [-0.1, -0.05) is 44.2 Å². The Morgan fingerprint density at radius 1 is 1.06 bits per heavy atom. The number of piperidine rings is 1. The van der Waals surface area contributed by atoms with Crippen molar-refractivity contribution in [3.8, 4) is 11.1 Å². The van der Waals surface area contributed by atoms with Crippen LogP contribution in [0.1, 0.15) is 81.4 Å². The van der Waals surface area contributed by atoms with Gasteiger partial charge in [0.05, 0.1) is 0 Å². The average molecular weight is 462 g/mol. The molecule has 2 aromatic rings. The summed E-state index contributed by atoms with van der Waals surface area (Å²) in [6, 6.07) is 9.83. The van der Waals surface area contributed by atoms with Crippen molar-refractivity contribution in [2.75, 3.05) is 19.6 Å². The van der Waals surface area contributed by atoms with Gasteiger partial charge in [-0.3, -0.25) is 0 Å². The van der Waals surface area contributed by atoms with Gasteiger partial charge in [-0.05, 0) is 117 Å². The molecule has 1 unspecified atom stereocenters. The SMILES string of the molecule is C=C1CCc2c(F)cc(-c3ccc(C4(CCCN5CCC(CC)CC5)CC45CC5)cc3)c(F)c21. The Morgan fingerprint density at radius 3 is 2.44 bits per heavy atom. The molecule has 6 rings (SSSR count). The van der Waals surface area contributed by atoms with Crippen LogP contribution in [0.25, 0.3) is 16.7 Å². The zero-order valence-corrected chi connectivity index (χ0v) is 20.6. The summed E-state index contributed by atoms with van der Waals surface area (Å²) in [5.41, 5.74) is 5.01. The fourth-order valence-electron chi connectivity index (χ4n) is 7.33. The zero-order chi connectivity index (χ0) is 23.5. The second kappa shape index (κ2) is 8.29. The third kappa shape index (κ3) is 3.58. The maximum Gasteiger partial charge on any atom is 0.138 e. The van der Waals surface area contributed by atoms with Gasteiger partial charge < -0.3 is 4.90 Å². The van der Waals surface area contributed by atoms with Crippen LogP contribution in [0, 0.1) is 23.0 Å². The van der Waals surface area contributed by atoms with Crippen molar-refractivity contribution in [1.82, 2.24) is 4.90 Å². The topological polar surface area (TPSA) is 3.24 Å². The maximum absolute atomic E-state index is 15.3. The summed E-state index contributed by atoms with van der Waals surface area (Å²) in [7, 11) is 0. The third-order valence-electron chi connectivity index (χ3n) is 9.84. The normalized spacial score (nSPS) is 25.7. The molecule has 2 aromatic carbocycles. The second-order valence-electron chi connectivity index (χ2n) is 11.6. The van der Waals surface area contributed by atoms with Crippen molar-refractivity contribution in [2.45, 2.75) is 76.5 Å². The first-order valence-corrected chi connectivity index (χ1v) is 13.5. The van der Waals surface area contributed by atoms with Crippen LogP contribution in [0.2, 0.25) is 0 Å². The Bertz CT molecular complexity index is 1110. The van der Waals surface area contributed by atoms with Gasteiger partial charge in [0.2, 0.25) is 0 Å². The lowest BCUT2D eigenvalue weighted by molar-refractivity contribution is 0.177. The summed E-state index contributed by atoms with van der Waals surface area (Å²) in [5, 5.41) is 0. The predicted octanol–water partition coefficient (Wildman–Crippen LogP) is 7.92. The van der Waals surface area contributed by atoms with E-state index in [1.54, 1.807) is 0 Å². The van der Waals surface area contributed by atoms with Crippen LogP contribution in [0.4, 0.5) is 8.78 Å². The van der Waals surface area contributed by atoms with Crippen LogP contribution in [0.15, 0.2) is 36.9 Å². The number of hydrogen-bond acceptors (Lipinski definition) is 1. The Kier molecular flexibility index (Phi) is 5.48. The van der Waals surface area contributed by atoms with E-state index in [2.05, 4.69) is 30.5 Å². The standard InChI is InChI=1S/C31H37F2N/c1-3-22-11-17-34(18-12-22)16-4-13-31(20-30(31)14-15-30)24-8-6-23(7-9-24)26-19-27(32)25-10-5-21(2)28(25)29(26)33/h6-9,19,22H,2-5,10-18,20H2,1H3. The molecule has 1 saturated heterocycles. The molecule has 0 bridgehead atoms. The highest BCUT2D eigenvalue weighted by Crippen LogP contribution is 2.80. The van der Waals surface area contributed by atoms with Crippen LogP contribution < -0.4 is 0 Å². The monoisotopic (exact) mass is 461 g/mol. The highest BCUT2D eigenvalue weighted by Gasteiger charge is 2.73. The maximum atomic E-state index is 15.3. The molecule has 1 aliphatic heterocycles. The Labute approximate surface area is 203 Å². The molecule has 0 amide bonds. The van der Waals surface area contributed by atoms with Crippen molar-refractivity contribution < 1.29 is 8.78 Å². The van der Waals surface area contributed by atoms with E-state index < -0.39 is 0 Å². The molecule has 1 nitrogen and oxygen atoms in total. The van der Waals surface area contributed by atoms with E-state index in [0.717, 1.165) is 17.1 Å². The van der Waals surface area contributed by atoms with Gasteiger partial charge in [0.15, 0.2) is 0 Å². The van der Waals surface area contributed by atoms with Crippen molar-refractivity contribution in [3.05, 3.63) is 65.2 Å². The largest absolute Gasteiger partial charge is 0.303 e. The molecule has 1 heterocycles. The molecule has 1 spiro atoms. The number of rotatable bonds is 7. The number of allylic oxidation sites excluding steroid dienone is 1. The van der Waals surface area contributed by atoms with Crippen molar-refractivity contribution in [2.24, 2.45) is 11.3 Å². The fourth-order valence-corrected chi connectivity index (χ4v) is 7.33. The van der Waals surface area contributed by atoms with E-state index in [-0.39, 0.29) is 11.6 Å². The van der Waals surface area contributed by atoms with E-state index in [4.69, 9.17) is 0 Å². The van der Waals surface area contributed by atoms with Crippen LogP contribution in [-0.2, 0) is 11.8 Å². The lowest BCUT2D eigenvalue weighted by Gasteiger charge is -2.32. The smallest absolute Gasteiger partial charge is 0.138 e. The second-order valence-corrected chi connectivity index (χ2v) is 11.6. The Hall–Kier alpha value is -2.00. The first kappa shape index (κ1) is 22.5. The van der Waals surface area contributed by atoms with E-state index in [1.165, 1.54) is 82.6 Å². The lowest BCUT2D eigenvalue weighted by atomic mass is 9.86. The summed E-state index contributed by atoms with van der Waals surface area (Å²) >= 11 is 0. The molecule has 0 aromatic heterocycles. The molecular weight excluding hydrogens is 424 g/mol. The molecule has 2 saturated carbocycles. The van der Waals surface area contributed by atoms with Gasteiger partial charge >= 0.3 is 0 Å². The quantitative estimate of drug-likeness (QED) is 0.405. The van der Waals surface area contributed by atoms with Crippen LogP contribution in [0.5, 0.6) is 0 Å². The van der Waals surface area contributed by atoms with Crippen LogP contribution in [0.3, 0.4) is 0 Å². The first-order chi connectivity index (χ1) is 16.5. The minimum atomic E-state index is -0.307. The molecule has 1 atom stereocenters. The van der Waals surface area contributed by atoms with E-state index in [1.807, 2.05) is 12.1 Å². The van der Waals surface area contributed by atoms with Crippen molar-refractivity contribution in [3.63, 3.8) is 0 Å². The van der Waals surface area contributed by atoms with Gasteiger partial charge in [0, 0.05) is 16.5 Å². The van der Waals surface area contributed by atoms with E-state index >= 15 is 4.39 Å². The molecule has 3 heteroatoms. The highest BCUT2D eigenvalue weighted by atomic mass is 19.1. The van der Waals surface area contributed by atoms with Crippen LogP contribution >= 0.6 is 0 Å². The van der Waals surface area contributed by atoms with Crippen molar-refractivity contribution in [1.29, 1.82) is 0 Å². The summed E-state index contributed by atoms with van der Waals surface area (Å²) in [5.74, 6) is 0.326. The Balaban J connectivity index is 1.18. The predicted molar refractivity (Wildman–Crippen MR) is 136 cm³/mol. The molecule has 34 heavy (non-hydrogen) atoms. The van der Waals surface area contributed by atoms with Crippen molar-refractivity contribution >= 4 is 5.57 Å². The average Bonchev–Trinajstić information content (AvgIpc) is 3.73. The number of likely N-dealkylation sites (tertiary alicyclic amines) is 1. The molecule has 0 N–H and O–H groups in total. The molecule has 3 aliphatic carbocycles. The van der Waals surface area contributed by atoms with Gasteiger partial charge in [0.1, 0.15) is 11.6 Å². The summed E-state index contributed by atoms with van der Waals surface area (Å²) in [6.45, 7) is 10.0. The first-order valence-electron chi connectivity index (χ1n) is 13.5. The van der Waals surface area contributed by atoms with Gasteiger partial charge in [-0.2, -0.15) is 0 Å². The van der Waals surface area contributed by atoms with Gasteiger partial charge in [0.25, 0.3) is 0 Å². The third-order valence-corrected chi connectivity index (χ3v) is 9.84. The number of benzene rings is 2. The molecule has 180 valence electrons. The number of nitrogens with zero attached hydrogens (tertiary/aromatic N) is 1. The molecule has 0 radical (unpaired) electrons.